The number of hydrogen-bond donors (Lipinski definition) is 1. The molecule has 1 aromatic carbocycles. The highest BCUT2D eigenvalue weighted by Crippen LogP contribution is 2.29. The summed E-state index contributed by atoms with van der Waals surface area (Å²) in [6, 6.07) is 10.1. The first kappa shape index (κ1) is 19.3. The molecule has 0 bridgehead atoms. The van der Waals surface area contributed by atoms with Crippen molar-refractivity contribution < 1.29 is 9.13 Å². The van der Waals surface area contributed by atoms with E-state index in [-0.39, 0.29) is 17.1 Å². The van der Waals surface area contributed by atoms with Crippen molar-refractivity contribution >= 4 is 22.7 Å². The zero-order chi connectivity index (χ0) is 21.4. The number of hydrogen-bond acceptors (Lipinski definition) is 7. The average molecular weight is 406 g/mol. The molecule has 4 aromatic rings. The predicted octanol–water partition coefficient (Wildman–Crippen LogP) is 2.97. The first-order chi connectivity index (χ1) is 14.3. The molecule has 0 unspecified atom stereocenters. The number of fused-ring (bicyclic) bond motifs is 1. The number of benzene rings is 1. The van der Waals surface area contributed by atoms with Crippen molar-refractivity contribution in [2.45, 2.75) is 0 Å². The van der Waals surface area contributed by atoms with Gasteiger partial charge in [-0.2, -0.15) is 4.39 Å². The number of halogens is 1. The van der Waals surface area contributed by atoms with Crippen LogP contribution < -0.4 is 20.9 Å². The molecule has 0 atom stereocenters. The third kappa shape index (κ3) is 3.41. The molecule has 0 aliphatic rings. The first-order valence-electron chi connectivity index (χ1n) is 9.07. The highest BCUT2D eigenvalue weighted by molar-refractivity contribution is 5.82. The first-order valence-corrected chi connectivity index (χ1v) is 9.07. The fourth-order valence-corrected chi connectivity index (χ4v) is 3.09. The Hall–Kier alpha value is -4.01. The van der Waals surface area contributed by atoms with Crippen LogP contribution in [0.25, 0.3) is 22.2 Å². The lowest BCUT2D eigenvalue weighted by Crippen LogP contribution is -2.27. The van der Waals surface area contributed by atoms with Crippen LogP contribution in [0.1, 0.15) is 0 Å². The Morgan fingerprint density at radius 3 is 2.70 bits per heavy atom. The largest absolute Gasteiger partial charge is 0.454 e. The molecule has 0 aliphatic heterocycles. The summed E-state index contributed by atoms with van der Waals surface area (Å²) in [6.45, 7) is 0. The minimum Gasteiger partial charge on any atom is -0.454 e. The molecular weight excluding hydrogens is 387 g/mol. The number of aromatic nitrogens is 4. The van der Waals surface area contributed by atoms with Crippen molar-refractivity contribution in [3.63, 3.8) is 0 Å². The van der Waals surface area contributed by atoms with E-state index in [1.807, 2.05) is 20.2 Å². The summed E-state index contributed by atoms with van der Waals surface area (Å²) in [6.07, 6.45) is 2.90. The topological polar surface area (TPSA) is 99.2 Å². The number of nitrogens with zero attached hydrogens (tertiary/aromatic N) is 5. The predicted molar refractivity (Wildman–Crippen MR) is 113 cm³/mol. The molecular formula is C21H19FN6O2. The quantitative estimate of drug-likeness (QED) is 0.556. The summed E-state index contributed by atoms with van der Waals surface area (Å²) in [4.78, 5) is 27.1. The lowest BCUT2D eigenvalue weighted by atomic mass is 10.1. The van der Waals surface area contributed by atoms with Crippen molar-refractivity contribution in [1.82, 2.24) is 19.5 Å². The van der Waals surface area contributed by atoms with Crippen LogP contribution in [-0.4, -0.2) is 33.6 Å². The minimum atomic E-state index is -0.712. The molecule has 9 heteroatoms. The third-order valence-corrected chi connectivity index (χ3v) is 4.59. The van der Waals surface area contributed by atoms with E-state index >= 15 is 0 Å². The fraction of sp³-hybridized carbons (Fsp3) is 0.143. The molecule has 0 spiro atoms. The second-order valence-electron chi connectivity index (χ2n) is 6.89. The lowest BCUT2D eigenvalue weighted by Gasteiger charge is -2.15. The number of pyridine rings is 2. The van der Waals surface area contributed by atoms with Gasteiger partial charge in [0.15, 0.2) is 11.6 Å². The van der Waals surface area contributed by atoms with Gasteiger partial charge in [0.1, 0.15) is 5.75 Å². The van der Waals surface area contributed by atoms with E-state index in [1.165, 1.54) is 23.0 Å². The smallest absolute Gasteiger partial charge is 0.264 e. The van der Waals surface area contributed by atoms with Crippen LogP contribution in [0.2, 0.25) is 0 Å². The van der Waals surface area contributed by atoms with Crippen LogP contribution in [0.5, 0.6) is 11.5 Å². The van der Waals surface area contributed by atoms with E-state index in [0.717, 1.165) is 5.39 Å². The van der Waals surface area contributed by atoms with Gasteiger partial charge in [-0.3, -0.25) is 9.36 Å². The summed E-state index contributed by atoms with van der Waals surface area (Å²) >= 11 is 0. The fourth-order valence-electron chi connectivity index (χ4n) is 3.09. The molecule has 0 radical (unpaired) electrons. The molecule has 3 heterocycles. The summed E-state index contributed by atoms with van der Waals surface area (Å²) < 4.78 is 21.1. The summed E-state index contributed by atoms with van der Waals surface area (Å²) in [5.41, 5.74) is 6.86. The van der Waals surface area contributed by atoms with Gasteiger partial charge < -0.3 is 15.4 Å². The van der Waals surface area contributed by atoms with Crippen LogP contribution in [0.15, 0.2) is 53.6 Å². The molecule has 0 saturated heterocycles. The zero-order valence-corrected chi connectivity index (χ0v) is 16.6. The van der Waals surface area contributed by atoms with Gasteiger partial charge in [0, 0.05) is 45.0 Å². The van der Waals surface area contributed by atoms with E-state index < -0.39 is 5.82 Å². The van der Waals surface area contributed by atoms with Crippen LogP contribution in [0.3, 0.4) is 0 Å². The van der Waals surface area contributed by atoms with Gasteiger partial charge in [-0.25, -0.2) is 15.0 Å². The van der Waals surface area contributed by atoms with Gasteiger partial charge in [0.25, 0.3) is 5.56 Å². The molecule has 2 N–H and O–H groups in total. The van der Waals surface area contributed by atoms with Crippen molar-refractivity contribution in [2.75, 3.05) is 24.7 Å². The number of nitrogen functional groups attached to an aromatic ring is 1. The molecule has 3 aromatic heterocycles. The van der Waals surface area contributed by atoms with Gasteiger partial charge in [0.05, 0.1) is 16.8 Å². The van der Waals surface area contributed by atoms with E-state index in [1.54, 1.807) is 36.2 Å². The van der Waals surface area contributed by atoms with Crippen LogP contribution in [0, 0.1) is 5.82 Å². The van der Waals surface area contributed by atoms with Crippen molar-refractivity contribution in [3.05, 3.63) is 65.0 Å². The van der Waals surface area contributed by atoms with Gasteiger partial charge in [-0.1, -0.05) is 6.07 Å². The molecule has 0 amide bonds. The van der Waals surface area contributed by atoms with Crippen molar-refractivity contribution in [1.29, 1.82) is 0 Å². The van der Waals surface area contributed by atoms with Gasteiger partial charge >= 0.3 is 0 Å². The Morgan fingerprint density at radius 2 is 1.93 bits per heavy atom. The molecule has 0 aliphatic carbocycles. The Labute approximate surface area is 171 Å². The van der Waals surface area contributed by atoms with Gasteiger partial charge in [0.2, 0.25) is 11.8 Å². The summed E-state index contributed by atoms with van der Waals surface area (Å²) in [5.74, 6) is 0.0254. The maximum Gasteiger partial charge on any atom is 0.264 e. The van der Waals surface area contributed by atoms with E-state index in [4.69, 9.17) is 10.5 Å². The van der Waals surface area contributed by atoms with Crippen LogP contribution in [-0.2, 0) is 7.05 Å². The third-order valence-electron chi connectivity index (χ3n) is 4.59. The molecule has 0 saturated carbocycles. The minimum absolute atomic E-state index is 0.0121. The number of nitrogens with two attached hydrogens (primary N) is 1. The molecule has 0 fully saturated rings. The van der Waals surface area contributed by atoms with Crippen molar-refractivity contribution in [3.8, 4) is 22.8 Å². The van der Waals surface area contributed by atoms with E-state index in [2.05, 4.69) is 15.0 Å². The maximum absolute atomic E-state index is 14.0. The molecule has 8 nitrogen and oxygen atoms in total. The molecule has 30 heavy (non-hydrogen) atoms. The normalized spacial score (nSPS) is 10.9. The van der Waals surface area contributed by atoms with E-state index in [9.17, 15) is 9.18 Å². The van der Waals surface area contributed by atoms with Crippen LogP contribution in [0.4, 0.5) is 16.2 Å². The highest BCUT2D eigenvalue weighted by Gasteiger charge is 2.13. The Balaban J connectivity index is 1.70. The summed E-state index contributed by atoms with van der Waals surface area (Å²) in [5, 5.41) is 0.772. The highest BCUT2D eigenvalue weighted by atomic mass is 19.1. The Morgan fingerprint density at radius 1 is 1.13 bits per heavy atom. The Bertz CT molecular complexity index is 1320. The molecule has 4 rings (SSSR count). The second kappa shape index (κ2) is 7.43. The summed E-state index contributed by atoms with van der Waals surface area (Å²) in [7, 11) is 5.31. The maximum atomic E-state index is 14.0. The van der Waals surface area contributed by atoms with E-state index in [0.29, 0.717) is 28.5 Å². The standard InChI is InChI=1S/C21H19FN6O2/c1-27(2)21-25-11-14(20(29)28(21)3)16-6-4-12-10-13(5-7-15(12)26-16)30-17-8-9-24-19(23)18(17)22/h4-11H,1-3H3,(H2,23,24). The van der Waals surface area contributed by atoms with Crippen LogP contribution >= 0.6 is 0 Å². The van der Waals surface area contributed by atoms with Gasteiger partial charge in [-0.05, 0) is 24.3 Å². The SMILES string of the molecule is CN(C)c1ncc(-c2ccc3cc(Oc4ccnc(N)c4F)ccc3n2)c(=O)n1C. The van der Waals surface area contributed by atoms with Crippen molar-refractivity contribution in [2.24, 2.45) is 7.05 Å². The lowest BCUT2D eigenvalue weighted by molar-refractivity contribution is 0.442. The number of ether oxygens (including phenoxy) is 1. The second-order valence-corrected chi connectivity index (χ2v) is 6.89. The monoisotopic (exact) mass is 406 g/mol. The van der Waals surface area contributed by atoms with Gasteiger partial charge in [-0.15, -0.1) is 0 Å². The number of rotatable bonds is 4. The molecule has 152 valence electrons. The zero-order valence-electron chi connectivity index (χ0n) is 16.6. The number of anilines is 2. The average Bonchev–Trinajstić information content (AvgIpc) is 2.73. The Kier molecular flexibility index (Phi) is 4.78.